The molecule has 1 unspecified atom stereocenters. The number of aliphatic hydroxyl groups excluding tert-OH is 1. The lowest BCUT2D eigenvalue weighted by molar-refractivity contribution is -0.126. The lowest BCUT2D eigenvalue weighted by Crippen LogP contribution is -2.48. The molecule has 196 valence electrons. The SMILES string of the molecule is O=C(N[C@H](CN1CCCC1)[C@H](O)c1ccc2c(c1)OCCO2)C1CCN(c2ccc3cc(Cl)sc3c2)C1. The fourth-order valence-electron chi connectivity index (χ4n) is 5.64. The van der Waals surface area contributed by atoms with E-state index < -0.39 is 12.1 Å². The van der Waals surface area contributed by atoms with Gasteiger partial charge in [-0.1, -0.05) is 23.7 Å². The van der Waals surface area contributed by atoms with Crippen molar-refractivity contribution >= 4 is 44.6 Å². The lowest BCUT2D eigenvalue weighted by Gasteiger charge is -2.30. The van der Waals surface area contributed by atoms with Gasteiger partial charge in [0.15, 0.2) is 11.5 Å². The Hall–Kier alpha value is -2.52. The summed E-state index contributed by atoms with van der Waals surface area (Å²) < 4.78 is 13.3. The summed E-state index contributed by atoms with van der Waals surface area (Å²) in [6, 6.07) is 13.5. The Morgan fingerprint density at radius 1 is 1.08 bits per heavy atom. The van der Waals surface area contributed by atoms with E-state index in [9.17, 15) is 9.90 Å². The van der Waals surface area contributed by atoms with Gasteiger partial charge in [0.25, 0.3) is 0 Å². The van der Waals surface area contributed by atoms with Gasteiger partial charge in [0.1, 0.15) is 19.3 Å². The minimum absolute atomic E-state index is 0.00327. The maximum Gasteiger partial charge on any atom is 0.225 e. The molecule has 2 N–H and O–H groups in total. The zero-order valence-corrected chi connectivity index (χ0v) is 22.3. The van der Waals surface area contributed by atoms with Crippen LogP contribution in [0.1, 0.15) is 30.9 Å². The summed E-state index contributed by atoms with van der Waals surface area (Å²) in [6.45, 7) is 5.10. The topological polar surface area (TPSA) is 74.3 Å². The summed E-state index contributed by atoms with van der Waals surface area (Å²) in [5, 5.41) is 15.8. The molecule has 1 amide bonds. The number of aliphatic hydroxyl groups is 1. The van der Waals surface area contributed by atoms with E-state index in [1.54, 1.807) is 11.3 Å². The fourth-order valence-corrected chi connectivity index (χ4v) is 6.82. The Morgan fingerprint density at radius 2 is 1.89 bits per heavy atom. The van der Waals surface area contributed by atoms with Crippen LogP contribution >= 0.6 is 22.9 Å². The van der Waals surface area contributed by atoms with Gasteiger partial charge in [-0.25, -0.2) is 0 Å². The summed E-state index contributed by atoms with van der Waals surface area (Å²) in [5.74, 6) is 1.21. The molecule has 0 saturated carbocycles. The number of ether oxygens (including phenoxy) is 2. The Kier molecular flexibility index (Phi) is 7.16. The Morgan fingerprint density at radius 3 is 2.73 bits per heavy atom. The molecule has 37 heavy (non-hydrogen) atoms. The van der Waals surface area contributed by atoms with Crippen molar-refractivity contribution in [3.05, 3.63) is 52.4 Å². The number of thiophene rings is 1. The van der Waals surface area contributed by atoms with Crippen LogP contribution in [0.15, 0.2) is 42.5 Å². The quantitative estimate of drug-likeness (QED) is 0.460. The van der Waals surface area contributed by atoms with Gasteiger partial charge in [-0.3, -0.25) is 4.79 Å². The van der Waals surface area contributed by atoms with Crippen LogP contribution < -0.4 is 19.7 Å². The Labute approximate surface area is 225 Å². The third-order valence-corrected chi connectivity index (χ3v) is 8.89. The molecule has 7 nitrogen and oxygen atoms in total. The minimum atomic E-state index is -0.844. The van der Waals surface area contributed by atoms with Crippen LogP contribution in [0, 0.1) is 5.92 Å². The molecule has 4 heterocycles. The van der Waals surface area contributed by atoms with Crippen LogP contribution in [0.25, 0.3) is 10.1 Å². The second-order valence-electron chi connectivity index (χ2n) is 10.2. The first-order valence-electron chi connectivity index (χ1n) is 13.1. The van der Waals surface area contributed by atoms with Crippen LogP contribution in [0.3, 0.4) is 0 Å². The largest absolute Gasteiger partial charge is 0.486 e. The molecule has 9 heteroatoms. The van der Waals surface area contributed by atoms with Gasteiger partial charge in [0, 0.05) is 30.0 Å². The van der Waals surface area contributed by atoms with Gasteiger partial charge < -0.3 is 29.7 Å². The number of fused-ring (bicyclic) bond motifs is 2. The fraction of sp³-hybridized carbons (Fsp3) is 0.464. The van der Waals surface area contributed by atoms with Gasteiger partial charge in [-0.2, -0.15) is 0 Å². The zero-order valence-electron chi connectivity index (χ0n) is 20.7. The third kappa shape index (κ3) is 5.39. The average molecular weight is 542 g/mol. The molecule has 3 atom stereocenters. The van der Waals surface area contributed by atoms with E-state index in [0.717, 1.165) is 64.6 Å². The molecule has 2 fully saturated rings. The number of likely N-dealkylation sites (tertiary alicyclic amines) is 1. The molecule has 3 aliphatic heterocycles. The van der Waals surface area contributed by atoms with Gasteiger partial charge in [-0.15, -0.1) is 11.3 Å². The predicted molar refractivity (Wildman–Crippen MR) is 147 cm³/mol. The first kappa shape index (κ1) is 24.8. The van der Waals surface area contributed by atoms with Gasteiger partial charge in [0.05, 0.1) is 16.3 Å². The van der Waals surface area contributed by atoms with Crippen LogP contribution in [-0.4, -0.2) is 67.9 Å². The number of amides is 1. The van der Waals surface area contributed by atoms with Crippen molar-refractivity contribution in [2.24, 2.45) is 5.92 Å². The van der Waals surface area contributed by atoms with Crippen molar-refractivity contribution in [2.45, 2.75) is 31.4 Å². The maximum absolute atomic E-state index is 13.5. The molecule has 2 aromatic carbocycles. The number of nitrogens with one attached hydrogen (secondary N) is 1. The highest BCUT2D eigenvalue weighted by Gasteiger charge is 2.33. The molecule has 0 bridgehead atoms. The zero-order chi connectivity index (χ0) is 25.4. The summed E-state index contributed by atoms with van der Waals surface area (Å²) in [4.78, 5) is 18.1. The van der Waals surface area contributed by atoms with E-state index >= 15 is 0 Å². The highest BCUT2D eigenvalue weighted by molar-refractivity contribution is 7.22. The number of rotatable bonds is 7. The standard InChI is InChI=1S/C28H32ClN3O4S/c29-26-14-18-3-5-21(15-25(18)37-26)32-10-7-20(16-32)28(34)30-22(17-31-8-1-2-9-31)27(33)19-4-6-23-24(13-19)36-12-11-35-23/h3-6,13-15,20,22,27,33H,1-2,7-12,16-17H2,(H,30,34)/t20?,22-,27-/m1/s1. The van der Waals surface area contributed by atoms with Gasteiger partial charge in [0.2, 0.25) is 5.91 Å². The van der Waals surface area contributed by atoms with E-state index in [4.69, 9.17) is 21.1 Å². The van der Waals surface area contributed by atoms with Crippen molar-refractivity contribution in [1.29, 1.82) is 0 Å². The molecule has 3 aromatic rings. The van der Waals surface area contributed by atoms with Gasteiger partial charge in [-0.05, 0) is 73.6 Å². The van der Waals surface area contributed by atoms with Gasteiger partial charge >= 0.3 is 0 Å². The molecular weight excluding hydrogens is 510 g/mol. The molecule has 2 saturated heterocycles. The van der Waals surface area contributed by atoms with E-state index in [2.05, 4.69) is 33.3 Å². The number of hydrogen-bond donors (Lipinski definition) is 2. The van der Waals surface area contributed by atoms with Crippen molar-refractivity contribution in [3.8, 4) is 11.5 Å². The van der Waals surface area contributed by atoms with E-state index in [1.807, 2.05) is 24.3 Å². The first-order valence-corrected chi connectivity index (χ1v) is 14.3. The lowest BCUT2D eigenvalue weighted by atomic mass is 9.99. The van der Waals surface area contributed by atoms with E-state index in [1.165, 1.54) is 0 Å². The second kappa shape index (κ2) is 10.7. The van der Waals surface area contributed by atoms with Crippen molar-refractivity contribution < 1.29 is 19.4 Å². The van der Waals surface area contributed by atoms with Crippen molar-refractivity contribution in [1.82, 2.24) is 10.2 Å². The van der Waals surface area contributed by atoms with E-state index in [0.29, 0.717) is 37.8 Å². The number of carbonyl (C=O) groups is 1. The smallest absolute Gasteiger partial charge is 0.225 e. The minimum Gasteiger partial charge on any atom is -0.486 e. The first-order chi connectivity index (χ1) is 18.0. The summed E-state index contributed by atoms with van der Waals surface area (Å²) >= 11 is 7.76. The number of anilines is 1. The molecule has 0 radical (unpaired) electrons. The number of hydrogen-bond acceptors (Lipinski definition) is 7. The molecule has 0 spiro atoms. The number of halogens is 1. The molecule has 6 rings (SSSR count). The van der Waals surface area contributed by atoms with Crippen molar-refractivity contribution in [2.75, 3.05) is 50.8 Å². The summed E-state index contributed by atoms with van der Waals surface area (Å²) in [7, 11) is 0. The van der Waals surface area contributed by atoms with Crippen LogP contribution in [0.4, 0.5) is 5.69 Å². The third-order valence-electron chi connectivity index (χ3n) is 7.67. The summed E-state index contributed by atoms with van der Waals surface area (Å²) in [5.41, 5.74) is 1.84. The highest BCUT2D eigenvalue weighted by atomic mass is 35.5. The Balaban J connectivity index is 1.15. The maximum atomic E-state index is 13.5. The van der Waals surface area contributed by atoms with Crippen LogP contribution in [0.5, 0.6) is 11.5 Å². The van der Waals surface area contributed by atoms with Crippen molar-refractivity contribution in [3.63, 3.8) is 0 Å². The summed E-state index contributed by atoms with van der Waals surface area (Å²) in [6.07, 6.45) is 2.24. The van der Waals surface area contributed by atoms with E-state index in [-0.39, 0.29) is 11.8 Å². The Bertz CT molecular complexity index is 1280. The number of benzene rings is 2. The molecular formula is C28H32ClN3O4S. The normalized spacial score (nSPS) is 21.4. The predicted octanol–water partition coefficient (Wildman–Crippen LogP) is 4.47. The average Bonchev–Trinajstić information content (AvgIpc) is 3.67. The second-order valence-corrected chi connectivity index (χ2v) is 11.9. The molecule has 1 aromatic heterocycles. The van der Waals surface area contributed by atoms with Crippen LogP contribution in [-0.2, 0) is 4.79 Å². The highest BCUT2D eigenvalue weighted by Crippen LogP contribution is 2.35. The monoisotopic (exact) mass is 541 g/mol. The van der Waals surface area contributed by atoms with Crippen LogP contribution in [0.2, 0.25) is 4.34 Å². The molecule has 3 aliphatic rings. The number of nitrogens with zero attached hydrogens (tertiary/aromatic N) is 2. The molecule has 0 aliphatic carbocycles. The number of carbonyl (C=O) groups excluding carboxylic acids is 1.